The predicted octanol–water partition coefficient (Wildman–Crippen LogP) is 2.60. The predicted molar refractivity (Wildman–Crippen MR) is 110 cm³/mol. The van der Waals surface area contributed by atoms with Crippen LogP contribution in [-0.2, 0) is 11.3 Å². The first-order chi connectivity index (χ1) is 14.3. The first-order valence-electron chi connectivity index (χ1n) is 9.30. The summed E-state index contributed by atoms with van der Waals surface area (Å²) >= 11 is 0. The van der Waals surface area contributed by atoms with Gasteiger partial charge in [-0.3, -0.25) is 4.79 Å². The number of anilines is 2. The summed E-state index contributed by atoms with van der Waals surface area (Å²) in [5.41, 5.74) is 3.74. The van der Waals surface area contributed by atoms with Gasteiger partial charge < -0.3 is 14.8 Å². The van der Waals surface area contributed by atoms with Gasteiger partial charge in [0.15, 0.2) is 11.6 Å². The van der Waals surface area contributed by atoms with Gasteiger partial charge in [-0.1, -0.05) is 0 Å². The fourth-order valence-corrected chi connectivity index (χ4v) is 3.16. The van der Waals surface area contributed by atoms with Crippen molar-refractivity contribution >= 4 is 28.4 Å². The normalized spacial score (nSPS) is 11.1. The molecule has 0 saturated heterocycles. The Labute approximate surface area is 172 Å². The molecule has 1 N–H and O–H groups in total. The molecule has 4 aromatic rings. The quantitative estimate of drug-likeness (QED) is 0.546. The van der Waals surface area contributed by atoms with Crippen LogP contribution < -0.4 is 5.32 Å². The molecule has 0 radical (unpaired) electrons. The third-order valence-electron chi connectivity index (χ3n) is 4.81. The molecule has 0 fully saturated rings. The molecule has 0 aliphatic carbocycles. The maximum absolute atomic E-state index is 13.2. The molecule has 10 heteroatoms. The first-order valence-corrected chi connectivity index (χ1v) is 9.30. The van der Waals surface area contributed by atoms with Crippen LogP contribution in [0.2, 0.25) is 0 Å². The van der Waals surface area contributed by atoms with Crippen LogP contribution in [0.3, 0.4) is 0 Å². The van der Waals surface area contributed by atoms with Gasteiger partial charge >= 0.3 is 0 Å². The van der Waals surface area contributed by atoms with E-state index in [-0.39, 0.29) is 12.5 Å². The van der Waals surface area contributed by atoms with Gasteiger partial charge in [-0.25, -0.2) is 24.0 Å². The van der Waals surface area contributed by atoms with E-state index in [1.165, 1.54) is 11.0 Å². The minimum absolute atomic E-state index is 0.0274. The van der Waals surface area contributed by atoms with E-state index < -0.39 is 5.82 Å². The summed E-state index contributed by atoms with van der Waals surface area (Å²) in [6.45, 7) is 3.95. The molecule has 0 spiro atoms. The highest BCUT2D eigenvalue weighted by Crippen LogP contribution is 2.28. The Morgan fingerprint density at radius 3 is 2.67 bits per heavy atom. The van der Waals surface area contributed by atoms with E-state index in [9.17, 15) is 9.18 Å². The average Bonchev–Trinajstić information content (AvgIpc) is 3.25. The molecule has 4 aromatic heterocycles. The zero-order valence-corrected chi connectivity index (χ0v) is 17.1. The number of hydrogen-bond donors (Lipinski definition) is 1. The summed E-state index contributed by atoms with van der Waals surface area (Å²) in [5.74, 6) is 0.641. The van der Waals surface area contributed by atoms with Crippen LogP contribution in [0.1, 0.15) is 11.4 Å². The van der Waals surface area contributed by atoms with Gasteiger partial charge in [-0.05, 0) is 32.0 Å². The minimum atomic E-state index is -0.405. The van der Waals surface area contributed by atoms with Crippen LogP contribution in [-0.4, -0.2) is 54.2 Å². The number of nitrogens with one attached hydrogen (secondary N) is 1. The maximum Gasteiger partial charge on any atom is 0.242 e. The lowest BCUT2D eigenvalue weighted by atomic mass is 10.3. The number of fused-ring (bicyclic) bond motifs is 1. The molecule has 0 unspecified atom stereocenters. The lowest BCUT2D eigenvalue weighted by Gasteiger charge is -2.11. The van der Waals surface area contributed by atoms with Crippen LogP contribution in [0.15, 0.2) is 36.9 Å². The number of amides is 1. The lowest BCUT2D eigenvalue weighted by molar-refractivity contribution is -0.129. The number of likely N-dealkylation sites (N-methyl/N-ethyl adjacent to an activating group) is 1. The second-order valence-corrected chi connectivity index (χ2v) is 7.11. The number of nitrogens with zero attached hydrogens (tertiary/aromatic N) is 7. The lowest BCUT2D eigenvalue weighted by Crippen LogP contribution is -2.25. The smallest absolute Gasteiger partial charge is 0.242 e. The van der Waals surface area contributed by atoms with Crippen molar-refractivity contribution in [1.82, 2.24) is 34.2 Å². The fraction of sp³-hybridized carbons (Fsp3) is 0.250. The molecule has 0 aliphatic heterocycles. The number of carbonyl (C=O) groups is 1. The minimum Gasteiger partial charge on any atom is -0.347 e. The van der Waals surface area contributed by atoms with E-state index >= 15 is 0 Å². The summed E-state index contributed by atoms with van der Waals surface area (Å²) in [5, 5.41) is 7.82. The number of rotatable bonds is 5. The summed E-state index contributed by atoms with van der Waals surface area (Å²) in [6, 6.07) is 4.73. The second-order valence-electron chi connectivity index (χ2n) is 7.11. The molecule has 0 atom stereocenters. The molecule has 154 valence electrons. The van der Waals surface area contributed by atoms with Crippen LogP contribution in [0.25, 0.3) is 16.9 Å². The zero-order valence-electron chi connectivity index (χ0n) is 17.1. The summed E-state index contributed by atoms with van der Waals surface area (Å²) in [4.78, 5) is 26.6. The summed E-state index contributed by atoms with van der Waals surface area (Å²) in [7, 11) is 3.43. The Hall–Kier alpha value is -3.82. The van der Waals surface area contributed by atoms with Crippen molar-refractivity contribution in [2.45, 2.75) is 20.4 Å². The average molecular weight is 408 g/mol. The molecular formula is C20H21FN8O. The first kappa shape index (κ1) is 19.5. The highest BCUT2D eigenvalue weighted by atomic mass is 19.1. The van der Waals surface area contributed by atoms with E-state index in [2.05, 4.69) is 25.4 Å². The number of pyridine rings is 2. The molecule has 9 nitrogen and oxygen atoms in total. The molecule has 4 rings (SSSR count). The van der Waals surface area contributed by atoms with E-state index in [0.29, 0.717) is 17.2 Å². The van der Waals surface area contributed by atoms with Crippen molar-refractivity contribution in [2.24, 2.45) is 0 Å². The number of carbonyl (C=O) groups excluding carboxylic acids is 1. The monoisotopic (exact) mass is 408 g/mol. The Morgan fingerprint density at radius 1 is 1.17 bits per heavy atom. The molecule has 0 aromatic carbocycles. The van der Waals surface area contributed by atoms with Crippen molar-refractivity contribution in [3.05, 3.63) is 54.1 Å². The molecule has 0 bridgehead atoms. The van der Waals surface area contributed by atoms with Crippen LogP contribution >= 0.6 is 0 Å². The number of imidazole rings is 1. The highest BCUT2D eigenvalue weighted by molar-refractivity contribution is 5.89. The van der Waals surface area contributed by atoms with Crippen molar-refractivity contribution in [1.29, 1.82) is 0 Å². The van der Waals surface area contributed by atoms with Crippen molar-refractivity contribution in [2.75, 3.05) is 19.4 Å². The zero-order chi connectivity index (χ0) is 21.4. The van der Waals surface area contributed by atoms with E-state index in [0.717, 1.165) is 28.8 Å². The standard InChI is InChI=1S/C20H21FN8O/c1-12-18(13(2)29(26-12)16-6-5-14(21)9-23-16)25-20-19-15(7-8-22-20)28(11-24-19)10-17(30)27(3)4/h5-9,11H,10H2,1-4H3,(H,22,25). The SMILES string of the molecule is Cc1nn(-c2ccc(F)cn2)c(C)c1Nc1nccc2c1ncn2CC(=O)N(C)C. The molecule has 30 heavy (non-hydrogen) atoms. The van der Waals surface area contributed by atoms with Gasteiger partial charge in [0, 0.05) is 20.3 Å². The highest BCUT2D eigenvalue weighted by Gasteiger charge is 2.17. The fourth-order valence-electron chi connectivity index (χ4n) is 3.16. The number of aromatic nitrogens is 6. The maximum atomic E-state index is 13.2. The van der Waals surface area contributed by atoms with Crippen LogP contribution in [0.5, 0.6) is 0 Å². The molecule has 4 heterocycles. The third-order valence-corrected chi connectivity index (χ3v) is 4.81. The second kappa shape index (κ2) is 7.54. The van der Waals surface area contributed by atoms with Crippen molar-refractivity contribution in [3.8, 4) is 5.82 Å². The molecule has 0 aliphatic rings. The Balaban J connectivity index is 1.69. The summed E-state index contributed by atoms with van der Waals surface area (Å²) in [6.07, 6.45) is 4.45. The van der Waals surface area contributed by atoms with Gasteiger partial charge in [-0.2, -0.15) is 5.10 Å². The van der Waals surface area contributed by atoms with Crippen molar-refractivity contribution in [3.63, 3.8) is 0 Å². The Bertz CT molecular complexity index is 1230. The van der Waals surface area contributed by atoms with E-state index in [4.69, 9.17) is 0 Å². The van der Waals surface area contributed by atoms with E-state index in [1.807, 2.05) is 19.9 Å². The molecular weight excluding hydrogens is 387 g/mol. The Morgan fingerprint density at radius 2 is 1.97 bits per heavy atom. The molecule has 0 saturated carbocycles. The van der Waals surface area contributed by atoms with Gasteiger partial charge in [0.25, 0.3) is 0 Å². The van der Waals surface area contributed by atoms with Gasteiger partial charge in [0.1, 0.15) is 17.9 Å². The number of aryl methyl sites for hydroxylation is 1. The Kier molecular flexibility index (Phi) is 4.90. The van der Waals surface area contributed by atoms with Crippen molar-refractivity contribution < 1.29 is 9.18 Å². The van der Waals surface area contributed by atoms with Crippen LogP contribution in [0.4, 0.5) is 15.9 Å². The largest absolute Gasteiger partial charge is 0.347 e. The molecule has 1 amide bonds. The van der Waals surface area contributed by atoms with Gasteiger partial charge in [-0.15, -0.1) is 0 Å². The third kappa shape index (κ3) is 3.47. The van der Waals surface area contributed by atoms with Gasteiger partial charge in [0.05, 0.1) is 35.1 Å². The van der Waals surface area contributed by atoms with Crippen LogP contribution in [0, 0.1) is 19.7 Å². The number of hydrogen-bond acceptors (Lipinski definition) is 6. The summed E-state index contributed by atoms with van der Waals surface area (Å²) < 4.78 is 16.6. The number of halogens is 1. The van der Waals surface area contributed by atoms with Gasteiger partial charge in [0.2, 0.25) is 5.91 Å². The topological polar surface area (TPSA) is 93.8 Å². The van der Waals surface area contributed by atoms with E-state index in [1.54, 1.807) is 41.9 Å².